The second kappa shape index (κ2) is 7.76. The monoisotopic (exact) mass is 292 g/mol. The van der Waals surface area contributed by atoms with Crippen LogP contribution in [0.15, 0.2) is 18.3 Å². The van der Waals surface area contributed by atoms with Crippen LogP contribution in [-0.4, -0.2) is 29.0 Å². The van der Waals surface area contributed by atoms with E-state index in [-0.39, 0.29) is 5.78 Å². The molecule has 116 valence electrons. The molecule has 0 bridgehead atoms. The minimum absolute atomic E-state index is 0.0952. The van der Waals surface area contributed by atoms with Gasteiger partial charge in [-0.15, -0.1) is 0 Å². The molecule has 0 unspecified atom stereocenters. The summed E-state index contributed by atoms with van der Waals surface area (Å²) in [4.78, 5) is 27.5. The summed E-state index contributed by atoms with van der Waals surface area (Å²) >= 11 is 0. The van der Waals surface area contributed by atoms with Crippen molar-refractivity contribution >= 4 is 11.9 Å². The van der Waals surface area contributed by atoms with E-state index in [1.165, 1.54) is 0 Å². The number of pyridine rings is 1. The van der Waals surface area contributed by atoms with Crippen LogP contribution in [0.3, 0.4) is 0 Å². The molecule has 1 N–H and O–H groups in total. The first-order chi connectivity index (χ1) is 9.79. The smallest absolute Gasteiger partial charge is 0.407 e. The quantitative estimate of drug-likeness (QED) is 0.645. The van der Waals surface area contributed by atoms with Crippen molar-refractivity contribution in [2.45, 2.75) is 52.6 Å². The third kappa shape index (κ3) is 6.88. The molecule has 21 heavy (non-hydrogen) atoms. The number of aromatic nitrogens is 1. The van der Waals surface area contributed by atoms with E-state index >= 15 is 0 Å². The van der Waals surface area contributed by atoms with Crippen molar-refractivity contribution in [2.75, 3.05) is 6.54 Å². The number of ketones is 1. The van der Waals surface area contributed by atoms with Crippen LogP contribution in [0.4, 0.5) is 4.79 Å². The van der Waals surface area contributed by atoms with Crippen LogP contribution < -0.4 is 5.32 Å². The van der Waals surface area contributed by atoms with E-state index in [1.54, 1.807) is 18.3 Å². The molecule has 1 aromatic rings. The van der Waals surface area contributed by atoms with E-state index < -0.39 is 11.7 Å². The Morgan fingerprint density at radius 2 is 2.00 bits per heavy atom. The lowest BCUT2D eigenvalue weighted by atomic mass is 10.0. The summed E-state index contributed by atoms with van der Waals surface area (Å²) in [5, 5.41) is 2.68. The number of ether oxygens (including phenoxy) is 1. The Balaban J connectivity index is 2.22. The van der Waals surface area contributed by atoms with Crippen LogP contribution in [0, 0.1) is 6.92 Å². The van der Waals surface area contributed by atoms with Crippen molar-refractivity contribution in [3.8, 4) is 0 Å². The molecular weight excluding hydrogens is 268 g/mol. The van der Waals surface area contributed by atoms with Gasteiger partial charge >= 0.3 is 6.09 Å². The van der Waals surface area contributed by atoms with Crippen LogP contribution in [-0.2, 0) is 4.74 Å². The Morgan fingerprint density at radius 1 is 1.29 bits per heavy atom. The fourth-order valence-corrected chi connectivity index (χ4v) is 1.83. The highest BCUT2D eigenvalue weighted by molar-refractivity contribution is 5.96. The normalized spacial score (nSPS) is 11.0. The summed E-state index contributed by atoms with van der Waals surface area (Å²) in [5.74, 6) is 0.0952. The van der Waals surface area contributed by atoms with Crippen molar-refractivity contribution in [3.05, 3.63) is 29.6 Å². The lowest BCUT2D eigenvalue weighted by molar-refractivity contribution is 0.0527. The Bertz CT molecular complexity index is 493. The molecule has 5 nitrogen and oxygen atoms in total. The summed E-state index contributed by atoms with van der Waals surface area (Å²) in [6.07, 6.45) is 3.18. The second-order valence-electron chi connectivity index (χ2n) is 5.95. The number of carbonyl (C=O) groups excluding carboxylic acids is 2. The van der Waals surface area contributed by atoms with Gasteiger partial charge in [0.05, 0.1) is 0 Å². The molecule has 0 aliphatic carbocycles. The van der Waals surface area contributed by atoms with E-state index in [2.05, 4.69) is 10.3 Å². The maximum atomic E-state index is 12.0. The molecule has 0 saturated heterocycles. The van der Waals surface area contributed by atoms with Gasteiger partial charge in [-0.2, -0.15) is 0 Å². The fourth-order valence-electron chi connectivity index (χ4n) is 1.83. The molecule has 1 amide bonds. The molecule has 0 saturated carbocycles. The van der Waals surface area contributed by atoms with Crippen LogP contribution in [0.5, 0.6) is 0 Å². The van der Waals surface area contributed by atoms with Gasteiger partial charge in [-0.05, 0) is 52.7 Å². The number of amides is 1. The number of unbranched alkanes of at least 4 members (excludes halogenated alkanes) is 1. The third-order valence-corrected chi connectivity index (χ3v) is 2.81. The largest absolute Gasteiger partial charge is 0.444 e. The van der Waals surface area contributed by atoms with Crippen molar-refractivity contribution in [1.29, 1.82) is 0 Å². The van der Waals surface area contributed by atoms with Crippen molar-refractivity contribution < 1.29 is 14.3 Å². The topological polar surface area (TPSA) is 68.3 Å². The number of aryl methyl sites for hydroxylation is 1. The Morgan fingerprint density at radius 3 is 2.62 bits per heavy atom. The van der Waals surface area contributed by atoms with E-state index in [4.69, 9.17) is 4.74 Å². The number of carbonyl (C=O) groups is 2. The molecule has 0 aliphatic heterocycles. The maximum Gasteiger partial charge on any atom is 0.407 e. The Labute approximate surface area is 126 Å². The number of Topliss-reactive ketones (excluding diaryl/α,β-unsaturated/α-hetero) is 1. The molecule has 0 aromatic carbocycles. The molecule has 1 rings (SSSR count). The van der Waals surface area contributed by atoms with Crippen LogP contribution >= 0.6 is 0 Å². The van der Waals surface area contributed by atoms with Gasteiger partial charge in [0.1, 0.15) is 5.60 Å². The molecule has 1 aromatic heterocycles. The van der Waals surface area contributed by atoms with Crippen molar-refractivity contribution in [3.63, 3.8) is 0 Å². The average molecular weight is 292 g/mol. The lowest BCUT2D eigenvalue weighted by Gasteiger charge is -2.19. The molecule has 0 atom stereocenters. The van der Waals surface area contributed by atoms with E-state index in [9.17, 15) is 9.59 Å². The number of hydrogen-bond acceptors (Lipinski definition) is 4. The van der Waals surface area contributed by atoms with Gasteiger partial charge in [0.25, 0.3) is 0 Å². The van der Waals surface area contributed by atoms with Crippen molar-refractivity contribution in [2.24, 2.45) is 0 Å². The average Bonchev–Trinajstić information content (AvgIpc) is 2.36. The number of rotatable bonds is 6. The predicted octanol–water partition coefficient (Wildman–Crippen LogP) is 3.27. The highest BCUT2D eigenvalue weighted by atomic mass is 16.6. The summed E-state index contributed by atoms with van der Waals surface area (Å²) in [7, 11) is 0. The van der Waals surface area contributed by atoms with Gasteiger partial charge in [0.2, 0.25) is 0 Å². The minimum Gasteiger partial charge on any atom is -0.444 e. The van der Waals surface area contributed by atoms with Gasteiger partial charge in [-0.3, -0.25) is 9.78 Å². The fraction of sp³-hybridized carbons (Fsp3) is 0.562. The molecule has 0 radical (unpaired) electrons. The number of nitrogens with one attached hydrogen (secondary N) is 1. The summed E-state index contributed by atoms with van der Waals surface area (Å²) in [6.45, 7) is 7.80. The van der Waals surface area contributed by atoms with Crippen LogP contribution in [0.2, 0.25) is 0 Å². The molecule has 1 heterocycles. The van der Waals surface area contributed by atoms with Gasteiger partial charge < -0.3 is 10.1 Å². The van der Waals surface area contributed by atoms with Crippen molar-refractivity contribution in [1.82, 2.24) is 10.3 Å². The highest BCUT2D eigenvalue weighted by Gasteiger charge is 2.15. The Kier molecular flexibility index (Phi) is 6.34. The number of hydrogen-bond donors (Lipinski definition) is 1. The zero-order valence-corrected chi connectivity index (χ0v) is 13.2. The SMILES string of the molecule is Cc1ncccc1C(=O)CCCCNC(=O)OC(C)(C)C. The maximum absolute atomic E-state index is 12.0. The predicted molar refractivity (Wildman–Crippen MR) is 81.4 cm³/mol. The minimum atomic E-state index is -0.488. The zero-order valence-electron chi connectivity index (χ0n) is 13.2. The first kappa shape index (κ1) is 17.1. The Hall–Kier alpha value is -1.91. The van der Waals surface area contributed by atoms with Crippen LogP contribution in [0.1, 0.15) is 56.1 Å². The molecule has 0 spiro atoms. The first-order valence-electron chi connectivity index (χ1n) is 7.21. The van der Waals surface area contributed by atoms with E-state index in [1.807, 2.05) is 27.7 Å². The molecule has 0 aliphatic rings. The number of alkyl carbamates (subject to hydrolysis) is 1. The van der Waals surface area contributed by atoms with Gasteiger partial charge in [0, 0.05) is 30.4 Å². The molecule has 0 fully saturated rings. The second-order valence-corrected chi connectivity index (χ2v) is 5.95. The zero-order chi connectivity index (χ0) is 15.9. The number of nitrogens with zero attached hydrogens (tertiary/aromatic N) is 1. The van der Waals surface area contributed by atoms with Crippen LogP contribution in [0.25, 0.3) is 0 Å². The summed E-state index contributed by atoms with van der Waals surface area (Å²) < 4.78 is 5.13. The summed E-state index contributed by atoms with van der Waals surface area (Å²) in [6, 6.07) is 3.56. The van der Waals surface area contributed by atoms with E-state index in [0.29, 0.717) is 18.5 Å². The van der Waals surface area contributed by atoms with Gasteiger partial charge in [-0.1, -0.05) is 0 Å². The lowest BCUT2D eigenvalue weighted by Crippen LogP contribution is -2.33. The van der Waals surface area contributed by atoms with Gasteiger partial charge in [0.15, 0.2) is 5.78 Å². The summed E-state index contributed by atoms with van der Waals surface area (Å²) in [5.41, 5.74) is 0.949. The highest BCUT2D eigenvalue weighted by Crippen LogP contribution is 2.10. The molecular formula is C16H24N2O3. The first-order valence-corrected chi connectivity index (χ1v) is 7.21. The standard InChI is InChI=1S/C16H24N2O3/c1-12-13(8-7-11-17-12)14(19)9-5-6-10-18-15(20)21-16(2,3)4/h7-8,11H,5-6,9-10H2,1-4H3,(H,18,20). The van der Waals surface area contributed by atoms with Gasteiger partial charge in [-0.25, -0.2) is 4.79 Å². The molecule has 5 heteroatoms. The van der Waals surface area contributed by atoms with E-state index in [0.717, 1.165) is 18.5 Å². The third-order valence-electron chi connectivity index (χ3n) is 2.81.